The van der Waals surface area contributed by atoms with E-state index < -0.39 is 23.1 Å². The van der Waals surface area contributed by atoms with Gasteiger partial charge in [0.2, 0.25) is 17.2 Å². The summed E-state index contributed by atoms with van der Waals surface area (Å²) in [4.78, 5) is 40.7. The summed E-state index contributed by atoms with van der Waals surface area (Å²) in [7, 11) is 0. The lowest BCUT2D eigenvalue weighted by Gasteiger charge is -2.39. The van der Waals surface area contributed by atoms with Gasteiger partial charge in [0, 0.05) is 30.5 Å². The molecule has 192 valence electrons. The van der Waals surface area contributed by atoms with Crippen LogP contribution in [0.2, 0.25) is 0 Å². The first-order valence-electron chi connectivity index (χ1n) is 13.0. The number of allylic oxidation sites excluding steroid dienone is 3. The van der Waals surface area contributed by atoms with Crippen molar-refractivity contribution in [3.8, 4) is 0 Å². The average molecular weight is 493 g/mol. The van der Waals surface area contributed by atoms with E-state index in [9.17, 15) is 14.4 Å². The number of nitrogen functional groups attached to an aromatic ring is 1. The summed E-state index contributed by atoms with van der Waals surface area (Å²) in [5.74, 6) is -2.32. The second kappa shape index (κ2) is 9.96. The Labute approximate surface area is 212 Å². The molecule has 1 aromatic rings. The van der Waals surface area contributed by atoms with Gasteiger partial charge in [-0.3, -0.25) is 14.4 Å². The van der Waals surface area contributed by atoms with Crippen LogP contribution in [0.4, 0.5) is 5.69 Å². The molecule has 1 aliphatic heterocycles. The Kier molecular flexibility index (Phi) is 7.12. The molecule has 2 atom stereocenters. The van der Waals surface area contributed by atoms with Gasteiger partial charge in [-0.1, -0.05) is 70.9 Å². The van der Waals surface area contributed by atoms with E-state index in [0.29, 0.717) is 36.2 Å². The van der Waals surface area contributed by atoms with Gasteiger partial charge < -0.3 is 20.5 Å². The van der Waals surface area contributed by atoms with Crippen LogP contribution < -0.4 is 11.1 Å². The summed E-state index contributed by atoms with van der Waals surface area (Å²) in [6.07, 6.45) is 9.57. The van der Waals surface area contributed by atoms with E-state index in [4.69, 9.17) is 15.2 Å². The predicted octanol–water partition coefficient (Wildman–Crippen LogP) is 5.22. The quantitative estimate of drug-likeness (QED) is 0.361. The van der Waals surface area contributed by atoms with Gasteiger partial charge in [0.25, 0.3) is 0 Å². The summed E-state index contributed by atoms with van der Waals surface area (Å²) in [5.41, 5.74) is 6.96. The van der Waals surface area contributed by atoms with Gasteiger partial charge in [0.15, 0.2) is 0 Å². The van der Waals surface area contributed by atoms with Gasteiger partial charge in [-0.25, -0.2) is 0 Å². The molecule has 0 bridgehead atoms. The van der Waals surface area contributed by atoms with Crippen LogP contribution in [0.25, 0.3) is 0 Å². The van der Waals surface area contributed by atoms with Crippen LogP contribution in [0.3, 0.4) is 0 Å². The number of nitrogens with one attached hydrogen (secondary N) is 1. The van der Waals surface area contributed by atoms with Crippen LogP contribution in [0.5, 0.6) is 0 Å². The van der Waals surface area contributed by atoms with E-state index in [-0.39, 0.29) is 35.9 Å². The molecule has 1 heterocycles. The number of benzene rings is 1. The number of hydrogen-bond acceptors (Lipinski definition) is 6. The normalized spacial score (nSPS) is 24.0. The summed E-state index contributed by atoms with van der Waals surface area (Å²) < 4.78 is 12.7. The zero-order valence-electron chi connectivity index (χ0n) is 21.6. The molecule has 0 saturated carbocycles. The number of ketones is 1. The molecule has 0 radical (unpaired) electrons. The van der Waals surface area contributed by atoms with Crippen LogP contribution in [-0.4, -0.2) is 23.2 Å². The van der Waals surface area contributed by atoms with Crippen LogP contribution in [0.15, 0.2) is 53.3 Å². The number of carbonyl (C=O) groups excluding carboxylic acids is 3. The number of ether oxygens (including phenoxy) is 2. The molecule has 2 unspecified atom stereocenters. The third kappa shape index (κ3) is 3.94. The highest BCUT2D eigenvalue weighted by Gasteiger charge is 2.75. The molecule has 2 aliphatic carbocycles. The Morgan fingerprint density at radius 2 is 1.86 bits per heavy atom. The minimum absolute atomic E-state index is 0.172. The Morgan fingerprint density at radius 1 is 1.14 bits per heavy atom. The zero-order chi connectivity index (χ0) is 26.1. The van der Waals surface area contributed by atoms with E-state index in [2.05, 4.69) is 25.2 Å². The maximum Gasteiger partial charge on any atom is 0.316 e. The number of hydrogen-bond donors (Lipinski definition) is 2. The van der Waals surface area contributed by atoms with Gasteiger partial charge in [0.1, 0.15) is 5.76 Å². The third-order valence-corrected chi connectivity index (χ3v) is 7.19. The molecular formula is C29H36N2O5. The molecule has 0 fully saturated rings. The van der Waals surface area contributed by atoms with Crippen molar-refractivity contribution in [2.24, 2.45) is 5.92 Å². The molecule has 36 heavy (non-hydrogen) atoms. The number of esters is 1. The molecule has 3 aliphatic rings. The lowest BCUT2D eigenvalue weighted by atomic mass is 9.81. The molecule has 1 amide bonds. The maximum absolute atomic E-state index is 14.4. The summed E-state index contributed by atoms with van der Waals surface area (Å²) >= 11 is 0. The van der Waals surface area contributed by atoms with E-state index in [1.54, 1.807) is 18.2 Å². The Hall–Kier alpha value is -3.35. The second-order valence-corrected chi connectivity index (χ2v) is 10.0. The molecule has 1 aromatic carbocycles. The van der Waals surface area contributed by atoms with E-state index >= 15 is 0 Å². The van der Waals surface area contributed by atoms with E-state index in [1.165, 1.54) is 0 Å². The fourth-order valence-corrected chi connectivity index (χ4v) is 5.26. The highest BCUT2D eigenvalue weighted by atomic mass is 16.7. The monoisotopic (exact) mass is 492 g/mol. The number of nitrogens with two attached hydrogens (primary N) is 1. The Morgan fingerprint density at radius 3 is 2.56 bits per heavy atom. The summed E-state index contributed by atoms with van der Waals surface area (Å²) in [5, 5.41) is 3.01. The summed E-state index contributed by atoms with van der Waals surface area (Å²) in [6.45, 7) is 8.16. The van der Waals surface area contributed by atoms with Crippen LogP contribution >= 0.6 is 0 Å². The number of fused-ring (bicyclic) bond motifs is 4. The van der Waals surface area contributed by atoms with Crippen molar-refractivity contribution in [2.45, 2.75) is 84.0 Å². The lowest BCUT2D eigenvalue weighted by Crippen LogP contribution is -2.64. The largest absolute Gasteiger partial charge is 0.449 e. The van der Waals surface area contributed by atoms with Crippen molar-refractivity contribution in [1.29, 1.82) is 0 Å². The Bertz CT molecular complexity index is 1180. The molecule has 3 N–H and O–H groups in total. The van der Waals surface area contributed by atoms with Crippen molar-refractivity contribution in [1.82, 2.24) is 5.32 Å². The number of rotatable bonds is 9. The molecule has 7 nitrogen and oxygen atoms in total. The fraction of sp³-hybridized carbons (Fsp3) is 0.483. The van der Waals surface area contributed by atoms with Crippen molar-refractivity contribution < 1.29 is 23.9 Å². The number of anilines is 1. The predicted molar refractivity (Wildman–Crippen MR) is 138 cm³/mol. The first-order chi connectivity index (χ1) is 17.2. The molecule has 7 heteroatoms. The molecule has 0 aromatic heterocycles. The van der Waals surface area contributed by atoms with E-state index in [1.807, 2.05) is 26.0 Å². The number of Topliss-reactive ketones (excluding diaryl/α,β-unsaturated/α-hetero) is 1. The standard InChI is InChI=1S/C29H36N2O5/c1-5-7-12-24(32)31-28-20-16-14-19(18(3)4)15-17-23(20)35-29(28,36-25(33)13-8-6-2)21-10-9-11-22(30)26(21)27(28)34/h9-11,14-16,18H,5-8,12-13,17,30H2,1-4H3,(H,31,32). The summed E-state index contributed by atoms with van der Waals surface area (Å²) in [6, 6.07) is 5.03. The maximum atomic E-state index is 14.4. The van der Waals surface area contributed by atoms with Gasteiger partial charge >= 0.3 is 11.8 Å². The molecule has 4 rings (SSSR count). The van der Waals surface area contributed by atoms with Gasteiger partial charge in [-0.15, -0.1) is 0 Å². The highest BCUT2D eigenvalue weighted by Crippen LogP contribution is 2.59. The van der Waals surface area contributed by atoms with Crippen LogP contribution in [-0.2, 0) is 24.8 Å². The van der Waals surface area contributed by atoms with E-state index in [0.717, 1.165) is 18.4 Å². The zero-order valence-corrected chi connectivity index (χ0v) is 21.6. The number of carbonyl (C=O) groups is 3. The second-order valence-electron chi connectivity index (χ2n) is 10.0. The third-order valence-electron chi connectivity index (χ3n) is 7.19. The molecule has 0 saturated heterocycles. The van der Waals surface area contributed by atoms with Crippen molar-refractivity contribution in [3.05, 3.63) is 64.5 Å². The van der Waals surface area contributed by atoms with Gasteiger partial charge in [-0.05, 0) is 30.4 Å². The first kappa shape index (κ1) is 25.7. The minimum Gasteiger partial charge on any atom is -0.449 e. The Balaban J connectivity index is 1.92. The van der Waals surface area contributed by atoms with Gasteiger partial charge in [-0.2, -0.15) is 0 Å². The highest BCUT2D eigenvalue weighted by molar-refractivity contribution is 6.17. The van der Waals surface area contributed by atoms with Crippen molar-refractivity contribution in [2.75, 3.05) is 5.73 Å². The smallest absolute Gasteiger partial charge is 0.316 e. The fourth-order valence-electron chi connectivity index (χ4n) is 5.26. The van der Waals surface area contributed by atoms with Crippen molar-refractivity contribution >= 4 is 23.3 Å². The number of amides is 1. The van der Waals surface area contributed by atoms with Crippen LogP contribution in [0.1, 0.15) is 88.6 Å². The SMILES string of the molecule is CCCCC(=O)NC12C(=O)c3c(N)cccc3C1(OC(=O)CCCC)OC1=C2C=CC(C(C)C)=CC1. The molecular weight excluding hydrogens is 456 g/mol. The average Bonchev–Trinajstić information content (AvgIpc) is 3.07. The number of unbranched alkanes of at least 4 members (excludes halogenated alkanes) is 2. The minimum atomic E-state index is -1.86. The topological polar surface area (TPSA) is 108 Å². The molecule has 0 spiro atoms. The first-order valence-corrected chi connectivity index (χ1v) is 13.0. The van der Waals surface area contributed by atoms with Crippen molar-refractivity contribution in [3.63, 3.8) is 0 Å². The van der Waals surface area contributed by atoms with Crippen LogP contribution in [0, 0.1) is 5.92 Å². The van der Waals surface area contributed by atoms with Gasteiger partial charge in [0.05, 0.1) is 11.1 Å². The lowest BCUT2D eigenvalue weighted by molar-refractivity contribution is -0.230.